The fourth-order valence-corrected chi connectivity index (χ4v) is 3.42. The van der Waals surface area contributed by atoms with Crippen LogP contribution in [-0.2, 0) is 4.74 Å². The summed E-state index contributed by atoms with van der Waals surface area (Å²) in [5.74, 6) is -0.117. The van der Waals surface area contributed by atoms with Crippen molar-refractivity contribution in [1.29, 1.82) is 0 Å². The second kappa shape index (κ2) is 8.85. The number of carbonyl (C=O) groups is 2. The molecule has 1 aromatic carbocycles. The molecule has 1 atom stereocenters. The summed E-state index contributed by atoms with van der Waals surface area (Å²) in [6.45, 7) is 1.33. The number of anilines is 1. The summed E-state index contributed by atoms with van der Waals surface area (Å²) >= 11 is 0. The van der Waals surface area contributed by atoms with E-state index in [1.165, 1.54) is 19.3 Å². The summed E-state index contributed by atoms with van der Waals surface area (Å²) in [4.78, 5) is 24.2. The first-order valence-electron chi connectivity index (χ1n) is 9.28. The first kappa shape index (κ1) is 17.7. The van der Waals surface area contributed by atoms with Crippen molar-refractivity contribution in [3.05, 3.63) is 29.8 Å². The molecule has 6 nitrogen and oxygen atoms in total. The number of amides is 3. The fraction of sp³-hybridized carbons (Fsp3) is 0.579. The summed E-state index contributed by atoms with van der Waals surface area (Å²) in [7, 11) is 0. The highest BCUT2D eigenvalue weighted by Gasteiger charge is 2.17. The average molecular weight is 345 g/mol. The molecule has 6 heteroatoms. The third-order valence-corrected chi connectivity index (χ3v) is 4.86. The van der Waals surface area contributed by atoms with Gasteiger partial charge >= 0.3 is 6.03 Å². The highest BCUT2D eigenvalue weighted by Crippen LogP contribution is 2.18. The van der Waals surface area contributed by atoms with Crippen molar-refractivity contribution >= 4 is 17.6 Å². The van der Waals surface area contributed by atoms with Gasteiger partial charge in [0.1, 0.15) is 0 Å². The van der Waals surface area contributed by atoms with Gasteiger partial charge in [0.15, 0.2) is 0 Å². The van der Waals surface area contributed by atoms with Crippen molar-refractivity contribution in [1.82, 2.24) is 10.6 Å². The molecule has 2 fully saturated rings. The van der Waals surface area contributed by atoms with Crippen LogP contribution in [0.1, 0.15) is 55.3 Å². The number of nitrogens with one attached hydrogen (secondary N) is 3. The molecule has 1 aromatic rings. The minimum atomic E-state index is -0.178. The van der Waals surface area contributed by atoms with Gasteiger partial charge in [-0.05, 0) is 49.9 Å². The van der Waals surface area contributed by atoms with Gasteiger partial charge in [-0.1, -0.05) is 19.3 Å². The standard InChI is InChI=1S/C19H27N3O3/c23-18(20-13-17-7-4-12-25-17)14-8-10-16(11-9-14)22-19(24)21-15-5-2-1-3-6-15/h8-11,15,17H,1-7,12-13H2,(H,20,23)(H2,21,22,24). The van der Waals surface area contributed by atoms with Crippen LogP contribution in [0.15, 0.2) is 24.3 Å². The second-order valence-electron chi connectivity index (χ2n) is 6.86. The first-order valence-corrected chi connectivity index (χ1v) is 9.28. The molecule has 1 saturated carbocycles. The molecule has 1 heterocycles. The lowest BCUT2D eigenvalue weighted by Crippen LogP contribution is -2.39. The van der Waals surface area contributed by atoms with E-state index in [0.29, 0.717) is 17.8 Å². The van der Waals surface area contributed by atoms with E-state index in [0.717, 1.165) is 32.3 Å². The van der Waals surface area contributed by atoms with Crippen molar-refractivity contribution in [3.8, 4) is 0 Å². The molecule has 1 aliphatic heterocycles. The van der Waals surface area contributed by atoms with E-state index >= 15 is 0 Å². The number of benzene rings is 1. The highest BCUT2D eigenvalue weighted by molar-refractivity contribution is 5.95. The van der Waals surface area contributed by atoms with Crippen LogP contribution in [0.4, 0.5) is 10.5 Å². The first-order chi connectivity index (χ1) is 12.2. The molecule has 3 rings (SSSR count). The van der Waals surface area contributed by atoms with Crippen molar-refractivity contribution < 1.29 is 14.3 Å². The number of hydrogen-bond acceptors (Lipinski definition) is 3. The predicted molar refractivity (Wildman–Crippen MR) is 96.8 cm³/mol. The van der Waals surface area contributed by atoms with Crippen LogP contribution < -0.4 is 16.0 Å². The lowest BCUT2D eigenvalue weighted by Gasteiger charge is -2.22. The van der Waals surface area contributed by atoms with Crippen LogP contribution in [0, 0.1) is 0 Å². The highest BCUT2D eigenvalue weighted by atomic mass is 16.5. The number of hydrogen-bond donors (Lipinski definition) is 3. The summed E-state index contributed by atoms with van der Waals surface area (Å²) in [6, 6.07) is 7.05. The molecule has 1 saturated heterocycles. The topological polar surface area (TPSA) is 79.5 Å². The van der Waals surface area contributed by atoms with Crippen LogP contribution >= 0.6 is 0 Å². The second-order valence-corrected chi connectivity index (χ2v) is 6.86. The predicted octanol–water partition coefficient (Wildman–Crippen LogP) is 3.05. The average Bonchev–Trinajstić information content (AvgIpc) is 3.14. The van der Waals surface area contributed by atoms with Crippen molar-refractivity contribution in [3.63, 3.8) is 0 Å². The summed E-state index contributed by atoms with van der Waals surface area (Å²) in [5, 5.41) is 8.74. The molecular weight excluding hydrogens is 318 g/mol. The minimum Gasteiger partial charge on any atom is -0.376 e. The molecule has 0 bridgehead atoms. The van der Waals surface area contributed by atoms with Crippen molar-refractivity contribution in [2.45, 2.75) is 57.1 Å². The molecule has 3 amide bonds. The van der Waals surface area contributed by atoms with Crippen molar-refractivity contribution in [2.24, 2.45) is 0 Å². The molecule has 0 aromatic heterocycles. The SMILES string of the molecule is O=C(Nc1ccc(C(=O)NCC2CCCO2)cc1)NC1CCCCC1. The van der Waals surface area contributed by atoms with E-state index in [9.17, 15) is 9.59 Å². The zero-order chi connectivity index (χ0) is 17.5. The monoisotopic (exact) mass is 345 g/mol. The molecule has 3 N–H and O–H groups in total. The molecule has 2 aliphatic rings. The van der Waals surface area contributed by atoms with Crippen LogP contribution in [0.3, 0.4) is 0 Å². The van der Waals surface area contributed by atoms with E-state index < -0.39 is 0 Å². The van der Waals surface area contributed by atoms with Crippen LogP contribution in [0.5, 0.6) is 0 Å². The number of carbonyl (C=O) groups excluding carboxylic acids is 2. The van der Waals surface area contributed by atoms with Gasteiger partial charge in [-0.25, -0.2) is 4.79 Å². The zero-order valence-electron chi connectivity index (χ0n) is 14.6. The number of rotatable bonds is 5. The van der Waals surface area contributed by atoms with E-state index in [4.69, 9.17) is 4.74 Å². The Morgan fingerprint density at radius 1 is 1.00 bits per heavy atom. The van der Waals surface area contributed by atoms with Gasteiger partial charge in [0.05, 0.1) is 6.10 Å². The van der Waals surface area contributed by atoms with Crippen LogP contribution in [-0.4, -0.2) is 37.2 Å². The number of urea groups is 1. The minimum absolute atomic E-state index is 0.117. The van der Waals surface area contributed by atoms with Crippen LogP contribution in [0.25, 0.3) is 0 Å². The molecule has 1 unspecified atom stereocenters. The van der Waals surface area contributed by atoms with E-state index in [2.05, 4.69) is 16.0 Å². The van der Waals surface area contributed by atoms with Gasteiger partial charge in [-0.3, -0.25) is 4.79 Å². The Morgan fingerprint density at radius 3 is 2.44 bits per heavy atom. The van der Waals surface area contributed by atoms with Crippen LogP contribution in [0.2, 0.25) is 0 Å². The van der Waals surface area contributed by atoms with Crippen molar-refractivity contribution in [2.75, 3.05) is 18.5 Å². The maximum Gasteiger partial charge on any atom is 0.319 e. The Morgan fingerprint density at radius 2 is 1.76 bits per heavy atom. The molecular formula is C19H27N3O3. The van der Waals surface area contributed by atoms with Gasteiger partial charge in [0.2, 0.25) is 0 Å². The van der Waals surface area contributed by atoms with E-state index in [1.54, 1.807) is 24.3 Å². The Bertz CT molecular complexity index is 576. The Kier molecular flexibility index (Phi) is 6.28. The maximum absolute atomic E-state index is 12.1. The Labute approximate surface area is 148 Å². The zero-order valence-corrected chi connectivity index (χ0v) is 14.6. The van der Waals surface area contributed by atoms with Gasteiger partial charge in [-0.15, -0.1) is 0 Å². The quantitative estimate of drug-likeness (QED) is 0.767. The van der Waals surface area contributed by atoms with E-state index in [1.807, 2.05) is 0 Å². The Hall–Kier alpha value is -2.08. The smallest absolute Gasteiger partial charge is 0.319 e. The third-order valence-electron chi connectivity index (χ3n) is 4.86. The van der Waals surface area contributed by atoms with Gasteiger partial charge < -0.3 is 20.7 Å². The summed E-state index contributed by atoms with van der Waals surface area (Å²) in [5.41, 5.74) is 1.26. The summed E-state index contributed by atoms with van der Waals surface area (Å²) in [6.07, 6.45) is 7.92. The largest absolute Gasteiger partial charge is 0.376 e. The normalized spacial score (nSPS) is 20.9. The third kappa shape index (κ3) is 5.46. The lowest BCUT2D eigenvalue weighted by atomic mass is 9.96. The van der Waals surface area contributed by atoms with Gasteiger partial charge in [-0.2, -0.15) is 0 Å². The Balaban J connectivity index is 1.44. The molecule has 136 valence electrons. The maximum atomic E-state index is 12.1. The fourth-order valence-electron chi connectivity index (χ4n) is 3.42. The van der Waals surface area contributed by atoms with Gasteiger partial charge in [0, 0.05) is 30.4 Å². The van der Waals surface area contributed by atoms with E-state index in [-0.39, 0.29) is 24.1 Å². The lowest BCUT2D eigenvalue weighted by molar-refractivity contribution is 0.0858. The van der Waals surface area contributed by atoms with Gasteiger partial charge in [0.25, 0.3) is 5.91 Å². The molecule has 1 aliphatic carbocycles. The molecule has 0 radical (unpaired) electrons. The molecule has 0 spiro atoms. The number of ether oxygens (including phenoxy) is 1. The summed E-state index contributed by atoms with van der Waals surface area (Å²) < 4.78 is 5.50. The molecule has 25 heavy (non-hydrogen) atoms.